The second-order valence-electron chi connectivity index (χ2n) is 8.60. The lowest BCUT2D eigenvalue weighted by atomic mass is 9.47. The molecule has 1 saturated heterocycles. The SMILES string of the molecule is O=C([O-])c1ccc(N2C(=O)[C@@H]3C4c5ccccc5C(C(=O)[O-])(c5ccccc54)[C@@H]3C2=O)cc1. The molecule has 2 bridgehead atoms. The Labute approximate surface area is 187 Å². The summed E-state index contributed by atoms with van der Waals surface area (Å²) in [6.07, 6.45) is 0. The number of hydrogen-bond donors (Lipinski definition) is 0. The summed E-state index contributed by atoms with van der Waals surface area (Å²) in [5, 5.41) is 24.0. The Morgan fingerprint density at radius 1 is 0.758 bits per heavy atom. The predicted molar refractivity (Wildman–Crippen MR) is 111 cm³/mol. The number of carbonyl (C=O) groups is 4. The lowest BCUT2D eigenvalue weighted by Crippen LogP contribution is -2.61. The zero-order valence-electron chi connectivity index (χ0n) is 17.1. The number of carboxylic acids is 2. The number of anilines is 1. The molecule has 3 aromatic carbocycles. The molecule has 1 heterocycles. The van der Waals surface area contributed by atoms with E-state index in [1.54, 1.807) is 48.5 Å². The molecule has 0 aromatic heterocycles. The van der Waals surface area contributed by atoms with Crippen LogP contribution in [0, 0.1) is 11.8 Å². The molecule has 7 nitrogen and oxygen atoms in total. The number of aromatic carboxylic acids is 1. The Morgan fingerprint density at radius 2 is 1.30 bits per heavy atom. The van der Waals surface area contributed by atoms with Crippen LogP contribution in [0.4, 0.5) is 5.69 Å². The molecule has 0 N–H and O–H groups in total. The third-order valence-corrected chi connectivity index (χ3v) is 7.30. The Hall–Kier alpha value is -4.26. The largest absolute Gasteiger partial charge is 0.549 e. The number of nitrogens with zero attached hydrogens (tertiary/aromatic N) is 1. The maximum Gasteiger partial charge on any atom is 0.239 e. The quantitative estimate of drug-likeness (QED) is 0.546. The van der Waals surface area contributed by atoms with E-state index in [1.807, 2.05) is 0 Å². The molecule has 2 amide bonds. The Balaban J connectivity index is 1.61. The first-order valence-corrected chi connectivity index (χ1v) is 10.5. The van der Waals surface area contributed by atoms with Gasteiger partial charge in [0.25, 0.3) is 0 Å². The average molecular weight is 437 g/mol. The summed E-state index contributed by atoms with van der Waals surface area (Å²) in [5.74, 6) is -6.52. The molecule has 0 radical (unpaired) electrons. The van der Waals surface area contributed by atoms with Crippen molar-refractivity contribution >= 4 is 29.4 Å². The Bertz CT molecular complexity index is 1340. The number of hydrogen-bond acceptors (Lipinski definition) is 6. The van der Waals surface area contributed by atoms with Crippen molar-refractivity contribution in [2.75, 3.05) is 4.90 Å². The molecule has 0 saturated carbocycles. The van der Waals surface area contributed by atoms with Crippen LogP contribution in [-0.2, 0) is 19.8 Å². The molecule has 0 spiro atoms. The van der Waals surface area contributed by atoms with Gasteiger partial charge in [-0.3, -0.25) is 9.59 Å². The fourth-order valence-corrected chi connectivity index (χ4v) is 6.12. The molecule has 3 aromatic rings. The van der Waals surface area contributed by atoms with Crippen LogP contribution in [0.1, 0.15) is 38.5 Å². The van der Waals surface area contributed by atoms with Crippen LogP contribution < -0.4 is 15.1 Å². The highest BCUT2D eigenvalue weighted by atomic mass is 16.4. The van der Waals surface area contributed by atoms with E-state index < -0.39 is 46.9 Å². The molecule has 33 heavy (non-hydrogen) atoms. The van der Waals surface area contributed by atoms with Crippen LogP contribution in [0.2, 0.25) is 0 Å². The van der Waals surface area contributed by atoms with Crippen molar-refractivity contribution in [1.82, 2.24) is 0 Å². The van der Waals surface area contributed by atoms with Crippen molar-refractivity contribution in [3.05, 3.63) is 101 Å². The molecule has 0 unspecified atom stereocenters. The summed E-state index contributed by atoms with van der Waals surface area (Å²) in [6.45, 7) is 0. The van der Waals surface area contributed by atoms with Crippen LogP contribution in [0.15, 0.2) is 72.8 Å². The smallest absolute Gasteiger partial charge is 0.239 e. The van der Waals surface area contributed by atoms with Crippen LogP contribution >= 0.6 is 0 Å². The monoisotopic (exact) mass is 437 g/mol. The second-order valence-corrected chi connectivity index (χ2v) is 8.60. The van der Waals surface area contributed by atoms with Crippen molar-refractivity contribution < 1.29 is 29.4 Å². The van der Waals surface area contributed by atoms with Crippen molar-refractivity contribution in [3.8, 4) is 0 Å². The predicted octanol–water partition coefficient (Wildman–Crippen LogP) is 0.351. The number of aliphatic carboxylic acids is 1. The van der Waals surface area contributed by atoms with Gasteiger partial charge in [0.1, 0.15) is 0 Å². The molecule has 2 atom stereocenters. The highest BCUT2D eigenvalue weighted by molar-refractivity contribution is 6.25. The Morgan fingerprint density at radius 3 is 1.82 bits per heavy atom. The maximum atomic E-state index is 13.8. The van der Waals surface area contributed by atoms with E-state index in [1.165, 1.54) is 24.3 Å². The summed E-state index contributed by atoms with van der Waals surface area (Å²) in [4.78, 5) is 52.5. The zero-order valence-corrected chi connectivity index (χ0v) is 17.1. The topological polar surface area (TPSA) is 118 Å². The minimum Gasteiger partial charge on any atom is -0.549 e. The first-order valence-electron chi connectivity index (χ1n) is 10.5. The summed E-state index contributed by atoms with van der Waals surface area (Å²) < 4.78 is 0. The molecular formula is C26H15NO6-2. The minimum atomic E-state index is -1.81. The van der Waals surface area contributed by atoms with Gasteiger partial charge in [0, 0.05) is 5.92 Å². The minimum absolute atomic E-state index is 0.0960. The number of amides is 2. The lowest BCUT2D eigenvalue weighted by Gasteiger charge is -2.54. The number of benzene rings is 3. The van der Waals surface area contributed by atoms with E-state index >= 15 is 0 Å². The van der Waals surface area contributed by atoms with Gasteiger partial charge < -0.3 is 19.8 Å². The van der Waals surface area contributed by atoms with Gasteiger partial charge in [-0.05, 0) is 39.9 Å². The van der Waals surface area contributed by atoms with E-state index in [9.17, 15) is 29.4 Å². The van der Waals surface area contributed by atoms with Gasteiger partial charge >= 0.3 is 0 Å². The van der Waals surface area contributed by atoms with Crippen molar-refractivity contribution in [2.45, 2.75) is 11.3 Å². The number of carbonyl (C=O) groups excluding carboxylic acids is 4. The lowest BCUT2D eigenvalue weighted by molar-refractivity contribution is -0.314. The highest BCUT2D eigenvalue weighted by Gasteiger charge is 2.68. The van der Waals surface area contributed by atoms with Crippen molar-refractivity contribution in [2.24, 2.45) is 11.8 Å². The standard InChI is InChI=1S/C26H17NO6/c28-22-20-19-15-5-1-3-7-17(15)26(25(32)33,18-8-4-2-6-16(18)19)21(20)23(29)27(22)14-11-9-13(10-12-14)24(30)31/h1-12,19-21H,(H,30,31)(H,32,33)/p-2/t19?,20-,21+,26?/m1/s1. The van der Waals surface area contributed by atoms with E-state index in [0.717, 1.165) is 4.90 Å². The Kier molecular flexibility index (Phi) is 3.76. The zero-order chi connectivity index (χ0) is 23.1. The summed E-state index contributed by atoms with van der Waals surface area (Å²) in [6, 6.07) is 19.2. The van der Waals surface area contributed by atoms with E-state index in [2.05, 4.69) is 0 Å². The summed E-state index contributed by atoms with van der Waals surface area (Å²) in [7, 11) is 0. The average Bonchev–Trinajstić information content (AvgIpc) is 3.09. The fourth-order valence-electron chi connectivity index (χ4n) is 6.12. The second kappa shape index (κ2) is 6.38. The highest BCUT2D eigenvalue weighted by Crippen LogP contribution is 2.64. The molecule has 1 fully saturated rings. The van der Waals surface area contributed by atoms with Crippen LogP contribution in [-0.4, -0.2) is 23.8 Å². The van der Waals surface area contributed by atoms with Gasteiger partial charge in [-0.15, -0.1) is 0 Å². The molecular weight excluding hydrogens is 422 g/mol. The van der Waals surface area contributed by atoms with Crippen LogP contribution in [0.3, 0.4) is 0 Å². The van der Waals surface area contributed by atoms with Gasteiger partial charge in [0.15, 0.2) is 0 Å². The van der Waals surface area contributed by atoms with Gasteiger partial charge in [0.2, 0.25) is 11.8 Å². The third-order valence-electron chi connectivity index (χ3n) is 7.30. The van der Waals surface area contributed by atoms with Gasteiger partial charge in [0.05, 0.1) is 34.9 Å². The number of rotatable bonds is 3. The van der Waals surface area contributed by atoms with Gasteiger partial charge in [-0.1, -0.05) is 60.7 Å². The van der Waals surface area contributed by atoms with E-state index in [-0.39, 0.29) is 11.3 Å². The summed E-state index contributed by atoms with van der Waals surface area (Å²) in [5.41, 5.74) is 0.648. The van der Waals surface area contributed by atoms with Crippen molar-refractivity contribution in [1.29, 1.82) is 0 Å². The first-order chi connectivity index (χ1) is 15.9. The van der Waals surface area contributed by atoms with E-state index in [0.29, 0.717) is 22.3 Å². The number of imide groups is 1. The molecule has 7 rings (SSSR count). The van der Waals surface area contributed by atoms with Gasteiger partial charge in [-0.25, -0.2) is 4.90 Å². The normalized spacial score (nSPS) is 26.5. The molecule has 4 aliphatic rings. The third kappa shape index (κ3) is 2.18. The van der Waals surface area contributed by atoms with Crippen molar-refractivity contribution in [3.63, 3.8) is 0 Å². The first kappa shape index (κ1) is 19.4. The molecule has 1 aliphatic heterocycles. The fraction of sp³-hybridized carbons (Fsp3) is 0.154. The molecule has 3 aliphatic carbocycles. The summed E-state index contributed by atoms with van der Waals surface area (Å²) >= 11 is 0. The molecule has 162 valence electrons. The van der Waals surface area contributed by atoms with E-state index in [4.69, 9.17) is 0 Å². The van der Waals surface area contributed by atoms with Crippen LogP contribution in [0.5, 0.6) is 0 Å². The maximum absolute atomic E-state index is 13.8. The van der Waals surface area contributed by atoms with Crippen LogP contribution in [0.25, 0.3) is 0 Å². The van der Waals surface area contributed by atoms with Gasteiger partial charge in [-0.2, -0.15) is 0 Å². The molecule has 7 heteroatoms. The number of carboxylic acid groups (broad SMARTS) is 2.